The van der Waals surface area contributed by atoms with Gasteiger partial charge in [0.05, 0.1) is 6.04 Å². The molecule has 2 nitrogen and oxygen atoms in total. The molecule has 0 radical (unpaired) electrons. The van der Waals surface area contributed by atoms with Crippen molar-refractivity contribution in [3.8, 4) is 0 Å². The van der Waals surface area contributed by atoms with E-state index in [0.29, 0.717) is 0 Å². The van der Waals surface area contributed by atoms with Gasteiger partial charge in [0.25, 0.3) is 0 Å². The minimum atomic E-state index is -0.0177. The van der Waals surface area contributed by atoms with Crippen LogP contribution in [0.15, 0.2) is 36.4 Å². The molecule has 0 fully saturated rings. The van der Waals surface area contributed by atoms with Crippen molar-refractivity contribution in [3.05, 3.63) is 69.2 Å². The Bertz CT molecular complexity index is 573. The van der Waals surface area contributed by atoms with Gasteiger partial charge in [0, 0.05) is 5.02 Å². The SMILES string of the molecule is Cc1cc(C)cc(C(NN)c2ccc(Cl)cc2C)c1. The van der Waals surface area contributed by atoms with Crippen LogP contribution in [-0.2, 0) is 0 Å². The number of hydrogen-bond acceptors (Lipinski definition) is 2. The van der Waals surface area contributed by atoms with Gasteiger partial charge < -0.3 is 0 Å². The smallest absolute Gasteiger partial charge is 0.0712 e. The second-order valence-electron chi connectivity index (χ2n) is 5.02. The van der Waals surface area contributed by atoms with Crippen LogP contribution in [0.25, 0.3) is 0 Å². The minimum absolute atomic E-state index is 0.0177. The van der Waals surface area contributed by atoms with Crippen LogP contribution >= 0.6 is 11.6 Å². The number of nitrogens with two attached hydrogens (primary N) is 1. The lowest BCUT2D eigenvalue weighted by Gasteiger charge is -2.20. The van der Waals surface area contributed by atoms with Crippen LogP contribution < -0.4 is 11.3 Å². The number of hydrazine groups is 1. The fourth-order valence-electron chi connectivity index (χ4n) is 2.51. The molecule has 19 heavy (non-hydrogen) atoms. The Morgan fingerprint density at radius 2 is 1.63 bits per heavy atom. The molecule has 0 spiro atoms. The highest BCUT2D eigenvalue weighted by Gasteiger charge is 2.15. The van der Waals surface area contributed by atoms with Gasteiger partial charge in [-0.25, -0.2) is 5.43 Å². The Hall–Kier alpha value is -1.35. The summed E-state index contributed by atoms with van der Waals surface area (Å²) in [4.78, 5) is 0. The van der Waals surface area contributed by atoms with Gasteiger partial charge in [-0.05, 0) is 49.6 Å². The fraction of sp³-hybridized carbons (Fsp3) is 0.250. The van der Waals surface area contributed by atoms with Crippen LogP contribution in [0.4, 0.5) is 0 Å². The first kappa shape index (κ1) is 14.1. The summed E-state index contributed by atoms with van der Waals surface area (Å²) >= 11 is 6.01. The Labute approximate surface area is 119 Å². The quantitative estimate of drug-likeness (QED) is 0.660. The number of halogens is 1. The molecule has 0 aromatic heterocycles. The lowest BCUT2D eigenvalue weighted by atomic mass is 9.93. The van der Waals surface area contributed by atoms with E-state index in [2.05, 4.69) is 37.5 Å². The molecule has 1 atom stereocenters. The van der Waals surface area contributed by atoms with Gasteiger partial charge in [-0.2, -0.15) is 0 Å². The standard InChI is InChI=1S/C16H19ClN2/c1-10-6-11(2)8-13(7-10)16(19-18)15-5-4-14(17)9-12(15)3/h4-9,16,19H,18H2,1-3H3. The number of rotatable bonds is 3. The van der Waals surface area contributed by atoms with E-state index in [0.717, 1.165) is 16.1 Å². The van der Waals surface area contributed by atoms with E-state index in [4.69, 9.17) is 17.4 Å². The summed E-state index contributed by atoms with van der Waals surface area (Å²) in [5.74, 6) is 5.76. The van der Waals surface area contributed by atoms with Crippen molar-refractivity contribution in [2.24, 2.45) is 5.84 Å². The van der Waals surface area contributed by atoms with E-state index >= 15 is 0 Å². The van der Waals surface area contributed by atoms with Crippen molar-refractivity contribution in [3.63, 3.8) is 0 Å². The van der Waals surface area contributed by atoms with E-state index in [1.54, 1.807) is 0 Å². The molecule has 1 unspecified atom stereocenters. The summed E-state index contributed by atoms with van der Waals surface area (Å²) in [6.07, 6.45) is 0. The largest absolute Gasteiger partial charge is 0.271 e. The third-order valence-electron chi connectivity index (χ3n) is 3.29. The van der Waals surface area contributed by atoms with Gasteiger partial charge in [-0.15, -0.1) is 0 Å². The van der Waals surface area contributed by atoms with E-state index in [-0.39, 0.29) is 6.04 Å². The number of hydrogen-bond donors (Lipinski definition) is 2. The van der Waals surface area contributed by atoms with Crippen molar-refractivity contribution < 1.29 is 0 Å². The highest BCUT2D eigenvalue weighted by molar-refractivity contribution is 6.30. The van der Waals surface area contributed by atoms with Gasteiger partial charge in [0.2, 0.25) is 0 Å². The Morgan fingerprint density at radius 1 is 1.00 bits per heavy atom. The molecule has 2 aromatic carbocycles. The van der Waals surface area contributed by atoms with Gasteiger partial charge in [-0.1, -0.05) is 47.0 Å². The Kier molecular flexibility index (Phi) is 4.25. The van der Waals surface area contributed by atoms with Crippen molar-refractivity contribution in [1.29, 1.82) is 0 Å². The van der Waals surface area contributed by atoms with Gasteiger partial charge >= 0.3 is 0 Å². The first-order valence-electron chi connectivity index (χ1n) is 6.31. The van der Waals surface area contributed by atoms with Crippen LogP contribution in [-0.4, -0.2) is 0 Å². The Balaban J connectivity index is 2.49. The highest BCUT2D eigenvalue weighted by atomic mass is 35.5. The van der Waals surface area contributed by atoms with Gasteiger partial charge in [0.15, 0.2) is 0 Å². The van der Waals surface area contributed by atoms with Crippen molar-refractivity contribution in [2.45, 2.75) is 26.8 Å². The first-order chi connectivity index (χ1) is 9.01. The van der Waals surface area contributed by atoms with E-state index in [1.165, 1.54) is 16.7 Å². The monoisotopic (exact) mass is 274 g/mol. The van der Waals surface area contributed by atoms with Crippen LogP contribution in [0.2, 0.25) is 5.02 Å². The highest BCUT2D eigenvalue weighted by Crippen LogP contribution is 2.27. The molecular weight excluding hydrogens is 256 g/mol. The zero-order valence-corrected chi connectivity index (χ0v) is 12.3. The average Bonchev–Trinajstić information content (AvgIpc) is 2.31. The van der Waals surface area contributed by atoms with Gasteiger partial charge in [-0.3, -0.25) is 5.84 Å². The predicted octanol–water partition coefficient (Wildman–Crippen LogP) is 3.82. The summed E-state index contributed by atoms with van der Waals surface area (Å²) in [7, 11) is 0. The minimum Gasteiger partial charge on any atom is -0.271 e. The van der Waals surface area contributed by atoms with E-state index in [9.17, 15) is 0 Å². The number of nitrogens with one attached hydrogen (secondary N) is 1. The molecule has 2 aromatic rings. The number of benzene rings is 2. The molecule has 0 saturated heterocycles. The second kappa shape index (κ2) is 5.74. The summed E-state index contributed by atoms with van der Waals surface area (Å²) < 4.78 is 0. The van der Waals surface area contributed by atoms with Crippen LogP contribution in [0, 0.1) is 20.8 Å². The fourth-order valence-corrected chi connectivity index (χ4v) is 2.73. The van der Waals surface area contributed by atoms with Crippen molar-refractivity contribution in [1.82, 2.24) is 5.43 Å². The van der Waals surface area contributed by atoms with E-state index in [1.807, 2.05) is 25.1 Å². The molecule has 2 rings (SSSR count). The lowest BCUT2D eigenvalue weighted by molar-refractivity contribution is 0.633. The third kappa shape index (κ3) is 3.16. The summed E-state index contributed by atoms with van der Waals surface area (Å²) in [5.41, 5.74) is 8.84. The van der Waals surface area contributed by atoms with E-state index < -0.39 is 0 Å². The second-order valence-corrected chi connectivity index (χ2v) is 5.46. The van der Waals surface area contributed by atoms with Gasteiger partial charge in [0.1, 0.15) is 0 Å². The molecule has 0 aliphatic rings. The molecule has 3 N–H and O–H groups in total. The third-order valence-corrected chi connectivity index (χ3v) is 3.52. The number of aryl methyl sites for hydroxylation is 3. The zero-order chi connectivity index (χ0) is 14.0. The molecular formula is C16H19ClN2. The average molecular weight is 275 g/mol. The zero-order valence-electron chi connectivity index (χ0n) is 11.5. The van der Waals surface area contributed by atoms with Crippen molar-refractivity contribution >= 4 is 11.6 Å². The normalized spacial score (nSPS) is 12.5. The molecule has 0 saturated carbocycles. The molecule has 0 amide bonds. The Morgan fingerprint density at radius 3 is 2.16 bits per heavy atom. The topological polar surface area (TPSA) is 38.0 Å². The van der Waals surface area contributed by atoms with Crippen LogP contribution in [0.3, 0.4) is 0 Å². The molecule has 0 aliphatic heterocycles. The lowest BCUT2D eigenvalue weighted by Crippen LogP contribution is -2.29. The maximum Gasteiger partial charge on any atom is 0.0712 e. The summed E-state index contributed by atoms with van der Waals surface area (Å²) in [6, 6.07) is 12.3. The first-order valence-corrected chi connectivity index (χ1v) is 6.69. The molecule has 0 bridgehead atoms. The molecule has 0 heterocycles. The van der Waals surface area contributed by atoms with Crippen LogP contribution in [0.1, 0.15) is 33.9 Å². The summed E-state index contributed by atoms with van der Waals surface area (Å²) in [6.45, 7) is 6.24. The predicted molar refractivity (Wildman–Crippen MR) is 81.3 cm³/mol. The molecule has 3 heteroatoms. The summed E-state index contributed by atoms with van der Waals surface area (Å²) in [5, 5.41) is 0.748. The van der Waals surface area contributed by atoms with Crippen molar-refractivity contribution in [2.75, 3.05) is 0 Å². The van der Waals surface area contributed by atoms with Crippen LogP contribution in [0.5, 0.6) is 0 Å². The molecule has 100 valence electrons. The molecule has 0 aliphatic carbocycles. The maximum absolute atomic E-state index is 6.01. The maximum atomic E-state index is 6.01.